The van der Waals surface area contributed by atoms with Crippen LogP contribution in [-0.2, 0) is 49.0 Å². The third kappa shape index (κ3) is 3.83. The molecule has 3 aromatic rings. The van der Waals surface area contributed by atoms with E-state index in [4.69, 9.17) is 14.5 Å². The lowest BCUT2D eigenvalue weighted by atomic mass is 9.86. The van der Waals surface area contributed by atoms with Crippen molar-refractivity contribution in [1.82, 2.24) is 14.9 Å². The molecule has 186 valence electrons. The summed E-state index contributed by atoms with van der Waals surface area (Å²) in [7, 11) is 0. The Morgan fingerprint density at radius 3 is 2.83 bits per heavy atom. The second-order valence-corrected chi connectivity index (χ2v) is 8.98. The molecule has 5 rings (SSSR count). The average molecular weight is 492 g/mol. The molecule has 0 aliphatic carbocycles. The summed E-state index contributed by atoms with van der Waals surface area (Å²) < 4.78 is 11.7. The molecule has 1 atom stereocenters. The van der Waals surface area contributed by atoms with E-state index in [0.29, 0.717) is 29.9 Å². The molecule has 0 saturated carbocycles. The van der Waals surface area contributed by atoms with Gasteiger partial charge in [-0.05, 0) is 36.6 Å². The summed E-state index contributed by atoms with van der Waals surface area (Å²) in [4.78, 5) is 53.4. The maximum atomic E-state index is 13.3. The second-order valence-electron chi connectivity index (χ2n) is 8.98. The van der Waals surface area contributed by atoms with Gasteiger partial charge in [-0.2, -0.15) is 0 Å². The molecule has 0 bridgehead atoms. The standard InChI is InChI=1S/C26H25N3O7/c1-3-26(34)19-10-21-23-16(11-29(21)24(32)18(19)12-35-25(26)33)9-17-15(5-4-6-20(17)28-23)7-8-22(31)36-13-27-14(2)30/h4-6,9-10,34H,3,7-8,11-13H2,1-2H3,(H,27,30)/t26-/m0/s1. The first-order chi connectivity index (χ1) is 17.2. The topological polar surface area (TPSA) is 137 Å². The van der Waals surface area contributed by atoms with Crippen molar-refractivity contribution >= 4 is 28.7 Å². The quantitative estimate of drug-likeness (QED) is 0.307. The zero-order valence-corrected chi connectivity index (χ0v) is 19.9. The molecule has 0 spiro atoms. The normalized spacial score (nSPS) is 17.7. The van der Waals surface area contributed by atoms with Gasteiger partial charge in [0.2, 0.25) is 5.91 Å². The maximum Gasteiger partial charge on any atom is 0.343 e. The first-order valence-electron chi connectivity index (χ1n) is 11.7. The van der Waals surface area contributed by atoms with Crippen LogP contribution in [-0.4, -0.2) is 39.2 Å². The van der Waals surface area contributed by atoms with E-state index in [9.17, 15) is 24.3 Å². The highest BCUT2D eigenvalue weighted by molar-refractivity contribution is 5.88. The summed E-state index contributed by atoms with van der Waals surface area (Å²) in [5, 5.41) is 14.3. The van der Waals surface area contributed by atoms with Crippen molar-refractivity contribution in [3.63, 3.8) is 0 Å². The summed E-state index contributed by atoms with van der Waals surface area (Å²) in [6, 6.07) is 9.26. The number of rotatable bonds is 6. The van der Waals surface area contributed by atoms with Gasteiger partial charge in [0.25, 0.3) is 5.56 Å². The Hall–Kier alpha value is -4.05. The predicted octanol–water partition coefficient (Wildman–Crippen LogP) is 1.65. The number of aliphatic hydroxyl groups is 1. The van der Waals surface area contributed by atoms with Crippen LogP contribution < -0.4 is 10.9 Å². The summed E-state index contributed by atoms with van der Waals surface area (Å²) in [6.07, 6.45) is 0.628. The lowest BCUT2D eigenvalue weighted by Gasteiger charge is -2.31. The molecule has 0 fully saturated rings. The molecule has 4 heterocycles. The number of esters is 2. The molecular formula is C26H25N3O7. The van der Waals surface area contributed by atoms with E-state index in [0.717, 1.165) is 16.5 Å². The van der Waals surface area contributed by atoms with Gasteiger partial charge in [0.05, 0.1) is 29.0 Å². The van der Waals surface area contributed by atoms with Crippen LogP contribution in [0.3, 0.4) is 0 Å². The maximum absolute atomic E-state index is 13.3. The molecular weight excluding hydrogens is 466 g/mol. The number of aromatic nitrogens is 2. The number of fused-ring (bicyclic) bond motifs is 5. The number of benzene rings is 1. The lowest BCUT2D eigenvalue weighted by molar-refractivity contribution is -0.172. The number of aryl methyl sites for hydroxylation is 1. The van der Waals surface area contributed by atoms with Gasteiger partial charge in [-0.15, -0.1) is 0 Å². The van der Waals surface area contributed by atoms with Crippen molar-refractivity contribution in [3.05, 3.63) is 62.9 Å². The minimum atomic E-state index is -1.87. The number of nitrogens with one attached hydrogen (secondary N) is 1. The molecule has 0 unspecified atom stereocenters. The van der Waals surface area contributed by atoms with Gasteiger partial charge in [0.15, 0.2) is 12.3 Å². The van der Waals surface area contributed by atoms with Crippen LogP contribution in [0.1, 0.15) is 48.9 Å². The largest absolute Gasteiger partial charge is 0.458 e. The smallest absolute Gasteiger partial charge is 0.343 e. The zero-order chi connectivity index (χ0) is 25.6. The Bertz CT molecular complexity index is 1490. The number of cyclic esters (lactones) is 1. The van der Waals surface area contributed by atoms with Crippen LogP contribution in [0.25, 0.3) is 22.3 Å². The van der Waals surface area contributed by atoms with Gasteiger partial charge in [-0.1, -0.05) is 19.1 Å². The number of ether oxygens (including phenoxy) is 2. The first-order valence-corrected chi connectivity index (χ1v) is 11.7. The molecule has 2 N–H and O–H groups in total. The number of hydrogen-bond acceptors (Lipinski definition) is 8. The van der Waals surface area contributed by atoms with Crippen LogP contribution in [0, 0.1) is 0 Å². The Morgan fingerprint density at radius 2 is 2.08 bits per heavy atom. The molecule has 2 aliphatic rings. The highest BCUT2D eigenvalue weighted by Crippen LogP contribution is 2.38. The number of carbonyl (C=O) groups is 3. The van der Waals surface area contributed by atoms with Crippen molar-refractivity contribution < 1.29 is 29.0 Å². The van der Waals surface area contributed by atoms with Crippen molar-refractivity contribution in [2.45, 2.75) is 51.9 Å². The van der Waals surface area contributed by atoms with Gasteiger partial charge < -0.3 is 24.5 Å². The molecule has 10 nitrogen and oxygen atoms in total. The van der Waals surface area contributed by atoms with E-state index < -0.39 is 17.5 Å². The molecule has 10 heteroatoms. The number of amides is 1. The van der Waals surface area contributed by atoms with Gasteiger partial charge in [-0.25, -0.2) is 9.78 Å². The van der Waals surface area contributed by atoms with E-state index in [2.05, 4.69) is 5.32 Å². The Balaban J connectivity index is 1.49. The number of carbonyl (C=O) groups excluding carboxylic acids is 3. The number of nitrogens with zero attached hydrogens (tertiary/aromatic N) is 2. The van der Waals surface area contributed by atoms with E-state index in [1.165, 1.54) is 6.92 Å². The molecule has 1 aromatic carbocycles. The molecule has 0 radical (unpaired) electrons. The Morgan fingerprint density at radius 1 is 1.28 bits per heavy atom. The van der Waals surface area contributed by atoms with Crippen LogP contribution in [0.15, 0.2) is 35.1 Å². The minimum Gasteiger partial charge on any atom is -0.458 e. The van der Waals surface area contributed by atoms with Gasteiger partial charge >= 0.3 is 11.9 Å². The highest BCUT2D eigenvalue weighted by Gasteiger charge is 2.45. The minimum absolute atomic E-state index is 0.0797. The fourth-order valence-corrected chi connectivity index (χ4v) is 4.81. The average Bonchev–Trinajstić information content (AvgIpc) is 3.21. The van der Waals surface area contributed by atoms with Crippen LogP contribution in [0.5, 0.6) is 0 Å². The van der Waals surface area contributed by atoms with E-state index >= 15 is 0 Å². The summed E-state index contributed by atoms with van der Waals surface area (Å²) >= 11 is 0. The van der Waals surface area contributed by atoms with Crippen LogP contribution in [0.4, 0.5) is 0 Å². The monoisotopic (exact) mass is 491 g/mol. The summed E-state index contributed by atoms with van der Waals surface area (Å²) in [5.74, 6) is -1.47. The Kier molecular flexibility index (Phi) is 5.83. The third-order valence-electron chi connectivity index (χ3n) is 6.80. The zero-order valence-electron chi connectivity index (χ0n) is 19.9. The fraction of sp³-hybridized carbons (Fsp3) is 0.346. The Labute approximate surface area is 205 Å². The van der Waals surface area contributed by atoms with Crippen molar-refractivity contribution in [1.29, 1.82) is 0 Å². The third-order valence-corrected chi connectivity index (χ3v) is 6.80. The van der Waals surface area contributed by atoms with Crippen molar-refractivity contribution in [2.24, 2.45) is 0 Å². The number of hydrogen-bond donors (Lipinski definition) is 2. The number of pyridine rings is 2. The van der Waals surface area contributed by atoms with Gasteiger partial charge in [-0.3, -0.25) is 14.4 Å². The van der Waals surface area contributed by atoms with Crippen molar-refractivity contribution in [2.75, 3.05) is 6.73 Å². The second kappa shape index (κ2) is 8.87. The predicted molar refractivity (Wildman–Crippen MR) is 128 cm³/mol. The van der Waals surface area contributed by atoms with E-state index in [1.54, 1.807) is 17.6 Å². The van der Waals surface area contributed by atoms with E-state index in [-0.39, 0.29) is 48.8 Å². The van der Waals surface area contributed by atoms with Gasteiger partial charge in [0, 0.05) is 29.9 Å². The highest BCUT2D eigenvalue weighted by atomic mass is 16.6. The lowest BCUT2D eigenvalue weighted by Crippen LogP contribution is -2.44. The van der Waals surface area contributed by atoms with Gasteiger partial charge in [0.1, 0.15) is 6.61 Å². The molecule has 1 amide bonds. The summed E-state index contributed by atoms with van der Waals surface area (Å²) in [5.41, 5.74) is 1.96. The SMILES string of the molecule is CC[C@@]1(O)C(=O)OCc2c1cc1n(c2=O)Cc2cc3c(CCC(=O)OCNC(C)=O)cccc3nc2-1. The van der Waals surface area contributed by atoms with E-state index in [1.807, 2.05) is 24.3 Å². The van der Waals surface area contributed by atoms with Crippen molar-refractivity contribution in [3.8, 4) is 11.4 Å². The van der Waals surface area contributed by atoms with Crippen LogP contribution in [0.2, 0.25) is 0 Å². The first kappa shape index (κ1) is 23.7. The van der Waals surface area contributed by atoms with Crippen LogP contribution >= 0.6 is 0 Å². The molecule has 2 aliphatic heterocycles. The summed E-state index contributed by atoms with van der Waals surface area (Å²) in [6.45, 7) is 2.96. The molecule has 2 aromatic heterocycles. The molecule has 36 heavy (non-hydrogen) atoms. The molecule has 0 saturated heterocycles. The fourth-order valence-electron chi connectivity index (χ4n) is 4.81.